The van der Waals surface area contributed by atoms with Gasteiger partial charge in [-0.15, -0.1) is 5.10 Å². The lowest BCUT2D eigenvalue weighted by Crippen LogP contribution is -2.29. The highest BCUT2D eigenvalue weighted by Gasteiger charge is 2.18. The molecule has 0 saturated carbocycles. The van der Waals surface area contributed by atoms with Crippen LogP contribution >= 0.6 is 0 Å². The normalized spacial score (nSPS) is 12.0. The van der Waals surface area contributed by atoms with Gasteiger partial charge in [0.05, 0.1) is 18.3 Å². The van der Waals surface area contributed by atoms with E-state index in [9.17, 15) is 0 Å². The van der Waals surface area contributed by atoms with Crippen LogP contribution in [0, 0.1) is 6.92 Å². The second kappa shape index (κ2) is 3.67. The molecule has 16 heavy (non-hydrogen) atoms. The molecule has 7 nitrogen and oxygen atoms in total. The molecule has 0 amide bonds. The predicted molar refractivity (Wildman–Crippen MR) is 55.4 cm³/mol. The molecule has 0 aliphatic rings. The zero-order valence-corrected chi connectivity index (χ0v) is 9.51. The summed E-state index contributed by atoms with van der Waals surface area (Å²) in [6.07, 6.45) is 1.80. The van der Waals surface area contributed by atoms with E-state index in [0.29, 0.717) is 6.54 Å². The van der Waals surface area contributed by atoms with Gasteiger partial charge in [-0.1, -0.05) is 15.5 Å². The molecule has 2 heterocycles. The SMILES string of the molecule is Cc1nonc1Cn1cc(C(C)(C)N)nn1. The Labute approximate surface area is 92.6 Å². The van der Waals surface area contributed by atoms with Crippen LogP contribution in [0.15, 0.2) is 10.8 Å². The fraction of sp³-hybridized carbons (Fsp3) is 0.556. The molecule has 0 aliphatic carbocycles. The van der Waals surface area contributed by atoms with Crippen molar-refractivity contribution in [2.24, 2.45) is 5.73 Å². The number of aryl methyl sites for hydroxylation is 1. The average Bonchev–Trinajstić information content (AvgIpc) is 2.76. The Morgan fingerprint density at radius 2 is 2.19 bits per heavy atom. The minimum absolute atomic E-state index is 0.485. The van der Waals surface area contributed by atoms with Gasteiger partial charge in [0.25, 0.3) is 0 Å². The maximum atomic E-state index is 5.91. The summed E-state index contributed by atoms with van der Waals surface area (Å²) in [5.74, 6) is 0. The number of hydrogen-bond donors (Lipinski definition) is 1. The summed E-state index contributed by atoms with van der Waals surface area (Å²) in [5.41, 5.74) is 7.65. The molecule has 2 aromatic rings. The summed E-state index contributed by atoms with van der Waals surface area (Å²) in [6.45, 7) is 6.07. The molecule has 0 fully saturated rings. The monoisotopic (exact) mass is 222 g/mol. The van der Waals surface area contributed by atoms with Crippen LogP contribution in [0.3, 0.4) is 0 Å². The van der Waals surface area contributed by atoms with Crippen molar-refractivity contribution in [3.05, 3.63) is 23.3 Å². The van der Waals surface area contributed by atoms with E-state index in [1.165, 1.54) is 0 Å². The molecule has 0 bridgehead atoms. The predicted octanol–water partition coefficient (Wildman–Crippen LogP) is 0.212. The molecule has 0 unspecified atom stereocenters. The van der Waals surface area contributed by atoms with Gasteiger partial charge in [-0.2, -0.15) is 0 Å². The number of nitrogens with zero attached hydrogens (tertiary/aromatic N) is 5. The molecule has 2 aromatic heterocycles. The minimum Gasteiger partial charge on any atom is -0.320 e. The van der Waals surface area contributed by atoms with Gasteiger partial charge in [0.1, 0.15) is 17.1 Å². The topological polar surface area (TPSA) is 95.7 Å². The molecule has 0 saturated heterocycles. The third-order valence-corrected chi connectivity index (χ3v) is 2.26. The van der Waals surface area contributed by atoms with Gasteiger partial charge in [0.2, 0.25) is 0 Å². The van der Waals surface area contributed by atoms with Crippen molar-refractivity contribution in [2.45, 2.75) is 32.9 Å². The largest absolute Gasteiger partial charge is 0.320 e. The van der Waals surface area contributed by atoms with Crippen LogP contribution in [-0.4, -0.2) is 25.3 Å². The van der Waals surface area contributed by atoms with Gasteiger partial charge in [-0.05, 0) is 20.8 Å². The second-order valence-corrected chi connectivity index (χ2v) is 4.32. The van der Waals surface area contributed by atoms with E-state index >= 15 is 0 Å². The van der Waals surface area contributed by atoms with Gasteiger partial charge in [0.15, 0.2) is 0 Å². The first-order valence-corrected chi connectivity index (χ1v) is 4.94. The average molecular weight is 222 g/mol. The van der Waals surface area contributed by atoms with Gasteiger partial charge < -0.3 is 5.73 Å². The lowest BCUT2D eigenvalue weighted by Gasteiger charge is -2.13. The lowest BCUT2D eigenvalue weighted by atomic mass is 10.0. The molecule has 0 radical (unpaired) electrons. The van der Waals surface area contributed by atoms with Crippen LogP contribution in [0.4, 0.5) is 0 Å². The zero-order valence-electron chi connectivity index (χ0n) is 9.51. The van der Waals surface area contributed by atoms with Crippen molar-refractivity contribution in [1.82, 2.24) is 25.3 Å². The Kier molecular flexibility index (Phi) is 2.47. The Hall–Kier alpha value is -1.76. The maximum absolute atomic E-state index is 5.91. The molecule has 0 aliphatic heterocycles. The number of aromatic nitrogens is 5. The van der Waals surface area contributed by atoms with E-state index in [0.717, 1.165) is 17.1 Å². The van der Waals surface area contributed by atoms with Crippen molar-refractivity contribution >= 4 is 0 Å². The third-order valence-electron chi connectivity index (χ3n) is 2.26. The van der Waals surface area contributed by atoms with Crippen LogP contribution in [0.2, 0.25) is 0 Å². The Morgan fingerprint density at radius 1 is 1.44 bits per heavy atom. The van der Waals surface area contributed by atoms with Crippen LogP contribution in [0.1, 0.15) is 30.9 Å². The van der Waals surface area contributed by atoms with Crippen LogP contribution in [0.25, 0.3) is 0 Å². The van der Waals surface area contributed by atoms with Crippen LogP contribution in [0.5, 0.6) is 0 Å². The molecular formula is C9H14N6O. The first-order chi connectivity index (χ1) is 7.47. The van der Waals surface area contributed by atoms with Crippen molar-refractivity contribution in [2.75, 3.05) is 0 Å². The van der Waals surface area contributed by atoms with Crippen LogP contribution in [-0.2, 0) is 12.1 Å². The quantitative estimate of drug-likeness (QED) is 0.797. The van der Waals surface area contributed by atoms with E-state index in [4.69, 9.17) is 5.73 Å². The van der Waals surface area contributed by atoms with Crippen molar-refractivity contribution in [3.8, 4) is 0 Å². The minimum atomic E-state index is -0.491. The van der Waals surface area contributed by atoms with Crippen molar-refractivity contribution < 1.29 is 4.63 Å². The standard InChI is InChI=1S/C9H14N6O/c1-6-7(13-16-12-6)4-15-5-8(11-14-15)9(2,3)10/h5H,4,10H2,1-3H3. The number of hydrogen-bond acceptors (Lipinski definition) is 6. The molecule has 0 spiro atoms. The van der Waals surface area contributed by atoms with E-state index < -0.39 is 5.54 Å². The maximum Gasteiger partial charge on any atom is 0.129 e. The fourth-order valence-corrected chi connectivity index (χ4v) is 1.22. The van der Waals surface area contributed by atoms with Gasteiger partial charge >= 0.3 is 0 Å². The first kappa shape index (κ1) is 10.7. The lowest BCUT2D eigenvalue weighted by molar-refractivity contribution is 0.300. The first-order valence-electron chi connectivity index (χ1n) is 4.94. The Bertz CT molecular complexity index is 480. The molecule has 2 rings (SSSR count). The van der Waals surface area contributed by atoms with Gasteiger partial charge in [-0.25, -0.2) is 9.31 Å². The van der Waals surface area contributed by atoms with Gasteiger partial charge in [0, 0.05) is 0 Å². The fourth-order valence-electron chi connectivity index (χ4n) is 1.22. The van der Waals surface area contributed by atoms with Gasteiger partial charge in [-0.3, -0.25) is 0 Å². The summed E-state index contributed by atoms with van der Waals surface area (Å²) in [6, 6.07) is 0. The Morgan fingerprint density at radius 3 is 2.69 bits per heavy atom. The summed E-state index contributed by atoms with van der Waals surface area (Å²) in [7, 11) is 0. The summed E-state index contributed by atoms with van der Waals surface area (Å²) in [4.78, 5) is 0. The highest BCUT2D eigenvalue weighted by Crippen LogP contribution is 2.13. The molecule has 2 N–H and O–H groups in total. The Balaban J connectivity index is 2.18. The van der Waals surface area contributed by atoms with E-state index in [1.807, 2.05) is 20.8 Å². The molecule has 86 valence electrons. The van der Waals surface area contributed by atoms with Crippen molar-refractivity contribution in [1.29, 1.82) is 0 Å². The van der Waals surface area contributed by atoms with E-state index in [2.05, 4.69) is 25.3 Å². The van der Waals surface area contributed by atoms with E-state index in [1.54, 1.807) is 10.9 Å². The summed E-state index contributed by atoms with van der Waals surface area (Å²) >= 11 is 0. The van der Waals surface area contributed by atoms with E-state index in [-0.39, 0.29) is 0 Å². The highest BCUT2D eigenvalue weighted by molar-refractivity contribution is 5.08. The summed E-state index contributed by atoms with van der Waals surface area (Å²) in [5, 5.41) is 15.5. The second-order valence-electron chi connectivity index (χ2n) is 4.32. The number of rotatable bonds is 3. The van der Waals surface area contributed by atoms with Crippen LogP contribution < -0.4 is 5.73 Å². The molecular weight excluding hydrogens is 208 g/mol. The van der Waals surface area contributed by atoms with Crippen molar-refractivity contribution in [3.63, 3.8) is 0 Å². The molecule has 0 atom stereocenters. The zero-order chi connectivity index (χ0) is 11.8. The molecule has 7 heteroatoms. The number of nitrogens with two attached hydrogens (primary N) is 1. The molecule has 0 aromatic carbocycles. The third kappa shape index (κ3) is 2.08. The summed E-state index contributed by atoms with van der Waals surface area (Å²) < 4.78 is 6.27. The highest BCUT2D eigenvalue weighted by atomic mass is 16.6. The smallest absolute Gasteiger partial charge is 0.129 e.